The molecular weight excluding hydrogens is 450 g/mol. The number of carbonyl (C=O) groups excluding carboxylic acids is 2. The van der Waals surface area contributed by atoms with Gasteiger partial charge in [0.2, 0.25) is 0 Å². The van der Waals surface area contributed by atoms with Crippen molar-refractivity contribution >= 4 is 23.4 Å². The fraction of sp³-hybridized carbons (Fsp3) is 0.667. The summed E-state index contributed by atoms with van der Waals surface area (Å²) in [6.07, 6.45) is 4.46. The van der Waals surface area contributed by atoms with Gasteiger partial charge in [-0.25, -0.2) is 0 Å². The number of alkyl halides is 1. The largest absolute Gasteiger partial charge is 0.379 e. The molecule has 0 fully saturated rings. The van der Waals surface area contributed by atoms with Crippen molar-refractivity contribution in [3.63, 3.8) is 0 Å². The maximum atomic E-state index is 12.2. The maximum absolute atomic E-state index is 12.2. The second kappa shape index (κ2) is 17.9. The molecular formula is C24H36ClNO7. The fourth-order valence-corrected chi connectivity index (χ4v) is 3.42. The van der Waals surface area contributed by atoms with Crippen molar-refractivity contribution in [2.75, 3.05) is 78.5 Å². The molecule has 8 nitrogen and oxygen atoms in total. The molecule has 0 radical (unpaired) electrons. The monoisotopic (exact) mass is 485 g/mol. The van der Waals surface area contributed by atoms with Crippen LogP contribution in [0.2, 0.25) is 0 Å². The van der Waals surface area contributed by atoms with E-state index in [1.165, 1.54) is 4.90 Å². The summed E-state index contributed by atoms with van der Waals surface area (Å²) in [5.41, 5.74) is 0.906. The summed E-state index contributed by atoms with van der Waals surface area (Å²) in [4.78, 5) is 25.7. The zero-order chi connectivity index (χ0) is 23.6. The van der Waals surface area contributed by atoms with Crippen LogP contribution >= 0.6 is 11.6 Å². The molecule has 0 bridgehead atoms. The summed E-state index contributed by atoms with van der Waals surface area (Å²) < 4.78 is 27.3. The third kappa shape index (κ3) is 10.9. The number of nitrogens with zero attached hydrogens (tertiary/aromatic N) is 1. The van der Waals surface area contributed by atoms with Crippen LogP contribution in [0.5, 0.6) is 0 Å². The van der Waals surface area contributed by atoms with Gasteiger partial charge in [0.05, 0.1) is 77.1 Å². The molecule has 1 heterocycles. The van der Waals surface area contributed by atoms with E-state index in [9.17, 15) is 9.59 Å². The molecule has 0 N–H and O–H groups in total. The molecule has 0 saturated carbocycles. The number of hydrogen-bond acceptors (Lipinski definition) is 7. The molecule has 1 aliphatic rings. The lowest BCUT2D eigenvalue weighted by molar-refractivity contribution is -0.0119. The van der Waals surface area contributed by atoms with Gasteiger partial charge in [-0.05, 0) is 25.0 Å². The van der Waals surface area contributed by atoms with Gasteiger partial charge in [-0.2, -0.15) is 0 Å². The summed E-state index contributed by atoms with van der Waals surface area (Å²) in [6.45, 7) is 5.25. The average Bonchev–Trinajstić information content (AvgIpc) is 3.07. The normalized spacial score (nSPS) is 13.2. The van der Waals surface area contributed by atoms with E-state index in [1.807, 2.05) is 0 Å². The summed E-state index contributed by atoms with van der Waals surface area (Å²) in [7, 11) is 0. The second-order valence-corrected chi connectivity index (χ2v) is 7.85. The van der Waals surface area contributed by atoms with Crippen LogP contribution in [0.3, 0.4) is 0 Å². The van der Waals surface area contributed by atoms with Gasteiger partial charge < -0.3 is 23.7 Å². The molecule has 2 amide bonds. The van der Waals surface area contributed by atoms with E-state index in [0.717, 1.165) is 38.2 Å². The molecule has 2 rings (SSSR count). The average molecular weight is 486 g/mol. The van der Waals surface area contributed by atoms with Gasteiger partial charge >= 0.3 is 0 Å². The number of carbonyl (C=O) groups is 2. The SMILES string of the molecule is O=C1c2ccccc2C(=O)N1CCOCCOCCOCCOCCOCCCCCCCl. The number of ether oxygens (including phenoxy) is 5. The van der Waals surface area contributed by atoms with E-state index in [4.69, 9.17) is 35.3 Å². The molecule has 0 atom stereocenters. The molecule has 9 heteroatoms. The Morgan fingerprint density at radius 1 is 0.576 bits per heavy atom. The lowest BCUT2D eigenvalue weighted by Crippen LogP contribution is -2.33. The molecule has 0 spiro atoms. The van der Waals surface area contributed by atoms with E-state index in [-0.39, 0.29) is 25.0 Å². The Kier molecular flexibility index (Phi) is 15.0. The van der Waals surface area contributed by atoms with Gasteiger partial charge in [-0.3, -0.25) is 14.5 Å². The van der Waals surface area contributed by atoms with Crippen LogP contribution < -0.4 is 0 Å². The van der Waals surface area contributed by atoms with E-state index < -0.39 is 0 Å². The lowest BCUT2D eigenvalue weighted by atomic mass is 10.1. The molecule has 1 aromatic rings. The highest BCUT2D eigenvalue weighted by Crippen LogP contribution is 2.21. The van der Waals surface area contributed by atoms with Gasteiger partial charge in [-0.1, -0.05) is 25.0 Å². The quantitative estimate of drug-likeness (QED) is 0.150. The minimum atomic E-state index is -0.266. The number of amides is 2. The first kappa shape index (κ1) is 27.7. The Labute approximate surface area is 201 Å². The van der Waals surface area contributed by atoms with Crippen LogP contribution in [0.15, 0.2) is 24.3 Å². The standard InChI is InChI=1S/C24H36ClNO7/c25-9-5-1-2-6-11-29-13-15-31-17-19-33-20-18-32-16-14-30-12-10-26-23(27)21-7-3-4-8-22(21)24(26)28/h3-4,7-8H,1-2,5-6,9-20H2. The molecule has 1 aliphatic heterocycles. The zero-order valence-electron chi connectivity index (χ0n) is 19.3. The second-order valence-electron chi connectivity index (χ2n) is 7.47. The van der Waals surface area contributed by atoms with Crippen LogP contribution in [0, 0.1) is 0 Å². The third-order valence-corrected chi connectivity index (χ3v) is 5.27. The Bertz CT molecular complexity index is 654. The minimum Gasteiger partial charge on any atom is -0.379 e. The van der Waals surface area contributed by atoms with Gasteiger partial charge in [-0.15, -0.1) is 11.6 Å². The molecule has 33 heavy (non-hydrogen) atoms. The number of imide groups is 1. The highest BCUT2D eigenvalue weighted by Gasteiger charge is 2.34. The number of halogens is 1. The van der Waals surface area contributed by atoms with E-state index in [0.29, 0.717) is 64.0 Å². The van der Waals surface area contributed by atoms with Crippen LogP contribution in [0.4, 0.5) is 0 Å². The molecule has 0 unspecified atom stereocenters. The third-order valence-electron chi connectivity index (χ3n) is 5.00. The van der Waals surface area contributed by atoms with Gasteiger partial charge in [0.15, 0.2) is 0 Å². The molecule has 186 valence electrons. The van der Waals surface area contributed by atoms with Gasteiger partial charge in [0, 0.05) is 12.5 Å². The first-order valence-corrected chi connectivity index (χ1v) is 12.2. The predicted octanol–water partition coefficient (Wildman–Crippen LogP) is 3.16. The number of unbranched alkanes of at least 4 members (excludes halogenated alkanes) is 3. The smallest absolute Gasteiger partial charge is 0.261 e. The van der Waals surface area contributed by atoms with Crippen molar-refractivity contribution in [2.24, 2.45) is 0 Å². The molecule has 0 aliphatic carbocycles. The van der Waals surface area contributed by atoms with Crippen molar-refractivity contribution in [3.8, 4) is 0 Å². The van der Waals surface area contributed by atoms with Crippen molar-refractivity contribution in [1.82, 2.24) is 4.90 Å². The minimum absolute atomic E-state index is 0.231. The Hall–Kier alpha value is -1.55. The van der Waals surface area contributed by atoms with Crippen LogP contribution in [0.25, 0.3) is 0 Å². The summed E-state index contributed by atoms with van der Waals surface area (Å²) in [5.74, 6) is 0.205. The highest BCUT2D eigenvalue weighted by atomic mass is 35.5. The lowest BCUT2D eigenvalue weighted by Gasteiger charge is -2.13. The van der Waals surface area contributed by atoms with Gasteiger partial charge in [0.25, 0.3) is 11.8 Å². The van der Waals surface area contributed by atoms with Gasteiger partial charge in [0.1, 0.15) is 0 Å². The van der Waals surface area contributed by atoms with Crippen molar-refractivity contribution in [2.45, 2.75) is 25.7 Å². The topological polar surface area (TPSA) is 83.5 Å². The van der Waals surface area contributed by atoms with Crippen molar-refractivity contribution < 1.29 is 33.3 Å². The zero-order valence-corrected chi connectivity index (χ0v) is 20.1. The number of benzene rings is 1. The Morgan fingerprint density at radius 3 is 1.48 bits per heavy atom. The van der Waals surface area contributed by atoms with Crippen molar-refractivity contribution in [1.29, 1.82) is 0 Å². The summed E-state index contributed by atoms with van der Waals surface area (Å²) in [5, 5.41) is 0. The van der Waals surface area contributed by atoms with Crippen LogP contribution in [-0.2, 0) is 23.7 Å². The number of rotatable bonds is 21. The van der Waals surface area contributed by atoms with Crippen LogP contribution in [-0.4, -0.2) is 95.2 Å². The van der Waals surface area contributed by atoms with E-state index in [2.05, 4.69) is 0 Å². The van der Waals surface area contributed by atoms with E-state index in [1.54, 1.807) is 24.3 Å². The fourth-order valence-electron chi connectivity index (χ4n) is 3.23. The van der Waals surface area contributed by atoms with Crippen LogP contribution in [0.1, 0.15) is 46.4 Å². The predicted molar refractivity (Wildman–Crippen MR) is 125 cm³/mol. The first-order valence-electron chi connectivity index (χ1n) is 11.7. The molecule has 1 aromatic carbocycles. The maximum Gasteiger partial charge on any atom is 0.261 e. The summed E-state index contributed by atoms with van der Waals surface area (Å²) >= 11 is 5.63. The molecule has 0 saturated heterocycles. The number of hydrogen-bond donors (Lipinski definition) is 0. The number of fused-ring (bicyclic) bond motifs is 1. The Balaban J connectivity index is 1.30. The molecule has 0 aromatic heterocycles. The first-order chi connectivity index (χ1) is 16.3. The van der Waals surface area contributed by atoms with E-state index >= 15 is 0 Å². The highest BCUT2D eigenvalue weighted by molar-refractivity contribution is 6.21. The summed E-state index contributed by atoms with van der Waals surface area (Å²) in [6, 6.07) is 6.84. The Morgan fingerprint density at radius 2 is 1.00 bits per heavy atom. The van der Waals surface area contributed by atoms with Crippen molar-refractivity contribution in [3.05, 3.63) is 35.4 Å².